The first-order valence-electron chi connectivity index (χ1n) is 7.43. The fraction of sp³-hybridized carbons (Fsp3) is 0.176. The molecule has 7 heteroatoms. The molecule has 2 N–H and O–H groups in total. The van der Waals surface area contributed by atoms with Crippen molar-refractivity contribution in [3.8, 4) is 0 Å². The van der Waals surface area contributed by atoms with Gasteiger partial charge in [0.05, 0.1) is 4.92 Å². The highest BCUT2D eigenvalue weighted by Crippen LogP contribution is 2.22. The van der Waals surface area contributed by atoms with Crippen LogP contribution in [0.1, 0.15) is 31.8 Å². The van der Waals surface area contributed by atoms with Crippen molar-refractivity contribution in [3.05, 3.63) is 68.8 Å². The van der Waals surface area contributed by atoms with Crippen molar-refractivity contribution in [3.63, 3.8) is 0 Å². The third-order valence-corrected chi connectivity index (χ3v) is 3.96. The quantitative estimate of drug-likeness (QED) is 0.668. The van der Waals surface area contributed by atoms with Gasteiger partial charge in [-0.2, -0.15) is 0 Å². The maximum absolute atomic E-state index is 12.3. The molecule has 0 spiro atoms. The molecule has 2 aromatic carbocycles. The van der Waals surface area contributed by atoms with E-state index < -0.39 is 10.8 Å². The van der Waals surface area contributed by atoms with Crippen LogP contribution in [0, 0.1) is 17.0 Å². The molecule has 0 aromatic heterocycles. The molecule has 0 aliphatic carbocycles. The van der Waals surface area contributed by atoms with Crippen LogP contribution in [0.4, 0.5) is 11.4 Å². The largest absolute Gasteiger partial charge is 0.352 e. The molecule has 2 amide bonds. The summed E-state index contributed by atoms with van der Waals surface area (Å²) in [6, 6.07) is 9.45. The molecule has 122 valence electrons. The zero-order valence-corrected chi connectivity index (χ0v) is 13.0. The van der Waals surface area contributed by atoms with E-state index in [1.54, 1.807) is 25.1 Å². The van der Waals surface area contributed by atoms with E-state index in [9.17, 15) is 19.7 Å². The Morgan fingerprint density at radius 3 is 2.79 bits per heavy atom. The van der Waals surface area contributed by atoms with E-state index in [0.717, 1.165) is 12.0 Å². The Bertz CT molecular complexity index is 861. The molecule has 0 radical (unpaired) electrons. The van der Waals surface area contributed by atoms with Gasteiger partial charge in [-0.3, -0.25) is 19.7 Å². The molecule has 0 saturated heterocycles. The number of rotatable bonds is 3. The van der Waals surface area contributed by atoms with Crippen molar-refractivity contribution in [2.24, 2.45) is 0 Å². The van der Waals surface area contributed by atoms with Crippen LogP contribution in [0.3, 0.4) is 0 Å². The highest BCUT2D eigenvalue weighted by molar-refractivity contribution is 6.06. The van der Waals surface area contributed by atoms with Gasteiger partial charge in [0.1, 0.15) is 0 Å². The van der Waals surface area contributed by atoms with E-state index in [1.165, 1.54) is 18.2 Å². The Kier molecular flexibility index (Phi) is 3.99. The summed E-state index contributed by atoms with van der Waals surface area (Å²) in [5, 5.41) is 16.4. The van der Waals surface area contributed by atoms with Crippen molar-refractivity contribution in [2.45, 2.75) is 13.3 Å². The molecule has 24 heavy (non-hydrogen) atoms. The highest BCUT2D eigenvalue weighted by atomic mass is 16.6. The van der Waals surface area contributed by atoms with Crippen LogP contribution in [-0.4, -0.2) is 23.3 Å². The van der Waals surface area contributed by atoms with Crippen molar-refractivity contribution in [1.29, 1.82) is 0 Å². The summed E-state index contributed by atoms with van der Waals surface area (Å²) < 4.78 is 0. The lowest BCUT2D eigenvalue weighted by Crippen LogP contribution is -2.31. The summed E-state index contributed by atoms with van der Waals surface area (Å²) in [6.45, 7) is 2.21. The molecular weight excluding hydrogens is 310 g/mol. The number of carbonyl (C=O) groups is 2. The van der Waals surface area contributed by atoms with Crippen molar-refractivity contribution in [2.75, 3.05) is 11.9 Å². The van der Waals surface area contributed by atoms with E-state index >= 15 is 0 Å². The molecule has 2 aromatic rings. The van der Waals surface area contributed by atoms with E-state index in [4.69, 9.17) is 0 Å². The van der Waals surface area contributed by atoms with Gasteiger partial charge in [-0.15, -0.1) is 0 Å². The van der Waals surface area contributed by atoms with Crippen LogP contribution < -0.4 is 10.6 Å². The summed E-state index contributed by atoms with van der Waals surface area (Å²) >= 11 is 0. The third-order valence-electron chi connectivity index (χ3n) is 3.96. The van der Waals surface area contributed by atoms with Crippen LogP contribution in [-0.2, 0) is 6.42 Å². The smallest absolute Gasteiger partial charge is 0.273 e. The van der Waals surface area contributed by atoms with Gasteiger partial charge in [0.15, 0.2) is 0 Å². The fourth-order valence-corrected chi connectivity index (χ4v) is 2.64. The molecular formula is C17H15N3O4. The monoisotopic (exact) mass is 325 g/mol. The Morgan fingerprint density at radius 1 is 1.25 bits per heavy atom. The fourth-order valence-electron chi connectivity index (χ4n) is 2.64. The van der Waals surface area contributed by atoms with Crippen molar-refractivity contribution < 1.29 is 14.5 Å². The third kappa shape index (κ3) is 2.96. The van der Waals surface area contributed by atoms with E-state index in [0.29, 0.717) is 23.4 Å². The number of carbonyl (C=O) groups excluding carboxylic acids is 2. The minimum Gasteiger partial charge on any atom is -0.352 e. The second-order valence-corrected chi connectivity index (χ2v) is 5.59. The van der Waals surface area contributed by atoms with Crippen LogP contribution in [0.5, 0.6) is 0 Å². The van der Waals surface area contributed by atoms with E-state index in [-0.39, 0.29) is 17.2 Å². The minimum absolute atomic E-state index is 0.104. The van der Waals surface area contributed by atoms with Gasteiger partial charge in [0, 0.05) is 35.0 Å². The Labute approximate surface area is 137 Å². The van der Waals surface area contributed by atoms with Crippen LogP contribution in [0.25, 0.3) is 0 Å². The first-order valence-corrected chi connectivity index (χ1v) is 7.43. The zero-order chi connectivity index (χ0) is 17.3. The average Bonchev–Trinajstić information content (AvgIpc) is 2.55. The van der Waals surface area contributed by atoms with Gasteiger partial charge in [0.2, 0.25) is 0 Å². The highest BCUT2D eigenvalue weighted by Gasteiger charge is 2.18. The number of hydrogen-bond acceptors (Lipinski definition) is 4. The molecule has 0 saturated carbocycles. The molecule has 0 fully saturated rings. The zero-order valence-electron chi connectivity index (χ0n) is 13.0. The lowest BCUT2D eigenvalue weighted by molar-refractivity contribution is -0.385. The summed E-state index contributed by atoms with van der Waals surface area (Å²) in [4.78, 5) is 34.6. The Balaban J connectivity index is 1.85. The Morgan fingerprint density at radius 2 is 2.04 bits per heavy atom. The first-order chi connectivity index (χ1) is 11.5. The van der Waals surface area contributed by atoms with Gasteiger partial charge in [-0.1, -0.05) is 12.1 Å². The molecule has 7 nitrogen and oxygen atoms in total. The molecule has 0 unspecified atom stereocenters. The molecule has 1 aliphatic heterocycles. The van der Waals surface area contributed by atoms with Gasteiger partial charge < -0.3 is 10.6 Å². The lowest BCUT2D eigenvalue weighted by atomic mass is 9.99. The number of nitro groups is 1. The first kappa shape index (κ1) is 15.7. The molecule has 0 atom stereocenters. The number of hydrogen-bond donors (Lipinski definition) is 2. The van der Waals surface area contributed by atoms with E-state index in [2.05, 4.69) is 10.6 Å². The van der Waals surface area contributed by atoms with Crippen molar-refractivity contribution in [1.82, 2.24) is 5.32 Å². The second kappa shape index (κ2) is 6.11. The number of benzene rings is 2. The lowest BCUT2D eigenvalue weighted by Gasteiger charge is -2.17. The van der Waals surface area contributed by atoms with Gasteiger partial charge in [-0.25, -0.2) is 0 Å². The summed E-state index contributed by atoms with van der Waals surface area (Å²) in [7, 11) is 0. The van der Waals surface area contributed by atoms with Crippen LogP contribution in [0.15, 0.2) is 36.4 Å². The normalized spacial score (nSPS) is 13.0. The number of aryl methyl sites for hydroxylation is 1. The topological polar surface area (TPSA) is 101 Å². The minimum atomic E-state index is -0.519. The number of anilines is 1. The summed E-state index contributed by atoms with van der Waals surface area (Å²) in [5.74, 6) is -0.632. The van der Waals surface area contributed by atoms with Crippen molar-refractivity contribution >= 4 is 23.2 Å². The SMILES string of the molecule is Cc1ccc(C(=O)Nc2ccc3c(c2)C(=O)NCC3)cc1[N+](=O)[O-]. The number of amides is 2. The van der Waals surface area contributed by atoms with Gasteiger partial charge in [0.25, 0.3) is 17.5 Å². The van der Waals surface area contributed by atoms with Crippen LogP contribution in [0.2, 0.25) is 0 Å². The second-order valence-electron chi connectivity index (χ2n) is 5.59. The van der Waals surface area contributed by atoms with Gasteiger partial charge >= 0.3 is 0 Å². The number of nitrogens with zero attached hydrogens (tertiary/aromatic N) is 1. The van der Waals surface area contributed by atoms with Crippen LogP contribution >= 0.6 is 0 Å². The molecule has 3 rings (SSSR count). The molecule has 0 bridgehead atoms. The van der Waals surface area contributed by atoms with Gasteiger partial charge in [-0.05, 0) is 37.1 Å². The predicted octanol–water partition coefficient (Wildman–Crippen LogP) is 2.44. The maximum atomic E-state index is 12.3. The van der Waals surface area contributed by atoms with E-state index in [1.807, 2.05) is 0 Å². The number of nitrogens with one attached hydrogen (secondary N) is 2. The molecule has 1 aliphatic rings. The average molecular weight is 325 g/mol. The standard InChI is InChI=1S/C17H15N3O4/c1-10-2-3-12(8-15(10)20(23)24)16(21)19-13-5-4-11-6-7-18-17(22)14(11)9-13/h2-5,8-9H,6-7H2,1H3,(H,18,22)(H,19,21). The summed E-state index contributed by atoms with van der Waals surface area (Å²) in [6.07, 6.45) is 0.749. The number of nitro benzene ring substituents is 1. The maximum Gasteiger partial charge on any atom is 0.273 e. The number of fused-ring (bicyclic) bond motifs is 1. The summed E-state index contributed by atoms with van der Waals surface area (Å²) in [5.41, 5.74) is 2.51. The molecule has 1 heterocycles. The predicted molar refractivity (Wildman–Crippen MR) is 88.3 cm³/mol. The Hall–Kier alpha value is -3.22.